The van der Waals surface area contributed by atoms with Gasteiger partial charge < -0.3 is 4.57 Å². The largest absolute Gasteiger partial charge is 0.343 e. The van der Waals surface area contributed by atoms with E-state index in [0.29, 0.717) is 34.2 Å². The van der Waals surface area contributed by atoms with Gasteiger partial charge in [0.1, 0.15) is 10.7 Å². The third-order valence-corrected chi connectivity index (χ3v) is 6.91. The maximum absolute atomic E-state index is 14.6. The molecule has 4 rings (SSSR count). The van der Waals surface area contributed by atoms with E-state index in [4.69, 9.17) is 16.7 Å². The smallest absolute Gasteiger partial charge is 0.240 e. The molecule has 0 saturated heterocycles. The Kier molecular flexibility index (Phi) is 5.54. The van der Waals surface area contributed by atoms with Crippen molar-refractivity contribution in [3.05, 3.63) is 64.4 Å². The Bertz CT molecular complexity index is 1290. The summed E-state index contributed by atoms with van der Waals surface area (Å²) in [6.45, 7) is 1.88. The van der Waals surface area contributed by atoms with Gasteiger partial charge in [-0.05, 0) is 61.1 Å². The van der Waals surface area contributed by atoms with Crippen molar-refractivity contribution in [3.63, 3.8) is 0 Å². The summed E-state index contributed by atoms with van der Waals surface area (Å²) in [7, 11) is -2.38. The van der Waals surface area contributed by atoms with E-state index >= 15 is 0 Å². The Labute approximate surface area is 185 Å². The molecule has 1 aliphatic rings. The van der Waals surface area contributed by atoms with Gasteiger partial charge in [0.25, 0.3) is 0 Å². The van der Waals surface area contributed by atoms with Crippen LogP contribution in [0.4, 0.5) is 4.39 Å². The molecule has 0 radical (unpaired) electrons. The molecule has 2 N–H and O–H groups in total. The molecule has 1 fully saturated rings. The second-order valence-electron chi connectivity index (χ2n) is 8.02. The van der Waals surface area contributed by atoms with Crippen LogP contribution in [0.2, 0.25) is 5.02 Å². The standard InChI is InChI=1S/C23H22ClFN2O3S/c1-13-21(19(28)11-14-3-4-14)23(16-7-10-20(18(25)12-16)31(26,29)30)27(2)22(13)15-5-8-17(24)9-6-15/h5-10,12,14H,3-4,11H2,1-2H3,(H2,26,29,30). The van der Waals surface area contributed by atoms with Crippen molar-refractivity contribution in [2.75, 3.05) is 0 Å². The number of ketones is 1. The summed E-state index contributed by atoms with van der Waals surface area (Å²) in [6.07, 6.45) is 2.51. The quantitative estimate of drug-likeness (QED) is 0.520. The second kappa shape index (κ2) is 7.89. The maximum Gasteiger partial charge on any atom is 0.240 e. The first kappa shape index (κ1) is 21.7. The van der Waals surface area contributed by atoms with Gasteiger partial charge in [0.05, 0.1) is 11.4 Å². The van der Waals surface area contributed by atoms with Gasteiger partial charge in [0.2, 0.25) is 10.0 Å². The molecule has 31 heavy (non-hydrogen) atoms. The first-order chi connectivity index (χ1) is 14.6. The minimum Gasteiger partial charge on any atom is -0.343 e. The van der Waals surface area contributed by atoms with Crippen molar-refractivity contribution in [3.8, 4) is 22.5 Å². The molecular formula is C23H22ClFN2O3S. The van der Waals surface area contributed by atoms with Crippen LogP contribution >= 0.6 is 11.6 Å². The van der Waals surface area contributed by atoms with E-state index in [1.54, 1.807) is 12.1 Å². The molecule has 1 aliphatic carbocycles. The van der Waals surface area contributed by atoms with Crippen LogP contribution in [-0.4, -0.2) is 18.8 Å². The van der Waals surface area contributed by atoms with Crippen LogP contribution in [0.15, 0.2) is 47.4 Å². The topological polar surface area (TPSA) is 82.2 Å². The van der Waals surface area contributed by atoms with Crippen LogP contribution in [0.3, 0.4) is 0 Å². The number of halogens is 2. The lowest BCUT2D eigenvalue weighted by Crippen LogP contribution is -2.14. The Hall–Kier alpha value is -2.48. The number of hydrogen-bond acceptors (Lipinski definition) is 3. The highest BCUT2D eigenvalue weighted by Crippen LogP contribution is 2.40. The molecular weight excluding hydrogens is 439 g/mol. The van der Waals surface area contributed by atoms with Crippen LogP contribution in [0.25, 0.3) is 22.5 Å². The van der Waals surface area contributed by atoms with E-state index in [2.05, 4.69) is 0 Å². The predicted octanol–water partition coefficient (Wildman–Crippen LogP) is 5.09. The molecule has 0 atom stereocenters. The highest BCUT2D eigenvalue weighted by atomic mass is 35.5. The summed E-state index contributed by atoms with van der Waals surface area (Å²) in [5.74, 6) is -0.560. The fourth-order valence-electron chi connectivity index (χ4n) is 4.09. The summed E-state index contributed by atoms with van der Waals surface area (Å²) in [4.78, 5) is 12.7. The molecule has 162 valence electrons. The molecule has 8 heteroatoms. The van der Waals surface area contributed by atoms with Crippen molar-refractivity contribution in [1.82, 2.24) is 4.57 Å². The van der Waals surface area contributed by atoms with Gasteiger partial charge in [-0.2, -0.15) is 0 Å². The first-order valence-corrected chi connectivity index (χ1v) is 11.8. The minimum atomic E-state index is -4.19. The van der Waals surface area contributed by atoms with Crippen molar-refractivity contribution in [2.45, 2.75) is 31.1 Å². The normalized spacial score (nSPS) is 14.1. The second-order valence-corrected chi connectivity index (χ2v) is 9.99. The number of nitrogens with zero attached hydrogens (tertiary/aromatic N) is 1. The summed E-state index contributed by atoms with van der Waals surface area (Å²) >= 11 is 6.03. The molecule has 0 bridgehead atoms. The van der Waals surface area contributed by atoms with E-state index in [0.717, 1.165) is 41.8 Å². The van der Waals surface area contributed by atoms with E-state index in [1.165, 1.54) is 6.07 Å². The molecule has 0 amide bonds. The molecule has 0 spiro atoms. The Balaban J connectivity index is 1.94. The maximum atomic E-state index is 14.6. The van der Waals surface area contributed by atoms with Gasteiger partial charge in [0.15, 0.2) is 5.78 Å². The number of sulfonamides is 1. The van der Waals surface area contributed by atoms with E-state index in [1.807, 2.05) is 30.7 Å². The van der Waals surface area contributed by atoms with Crippen LogP contribution in [0.1, 0.15) is 35.2 Å². The Morgan fingerprint density at radius 2 is 1.74 bits per heavy atom. The number of rotatable bonds is 6. The predicted molar refractivity (Wildman–Crippen MR) is 119 cm³/mol. The van der Waals surface area contributed by atoms with Crippen LogP contribution in [0.5, 0.6) is 0 Å². The number of primary sulfonamides is 1. The number of Topliss-reactive ketones (excluding diaryl/α,β-unsaturated/α-hetero) is 1. The number of carbonyl (C=O) groups is 1. The van der Waals surface area contributed by atoms with Crippen molar-refractivity contribution < 1.29 is 17.6 Å². The number of aromatic nitrogens is 1. The molecule has 1 saturated carbocycles. The van der Waals surface area contributed by atoms with Gasteiger partial charge in [-0.1, -0.05) is 29.8 Å². The lowest BCUT2D eigenvalue weighted by molar-refractivity contribution is 0.0976. The summed E-state index contributed by atoms with van der Waals surface area (Å²) in [6, 6.07) is 11.0. The molecule has 3 aromatic rings. The summed E-state index contributed by atoms with van der Waals surface area (Å²) in [5, 5.41) is 5.69. The van der Waals surface area contributed by atoms with Gasteiger partial charge in [-0.15, -0.1) is 0 Å². The zero-order valence-electron chi connectivity index (χ0n) is 17.2. The number of carbonyl (C=O) groups excluding carboxylic acids is 1. The van der Waals surface area contributed by atoms with Crippen molar-refractivity contribution in [1.29, 1.82) is 0 Å². The zero-order chi connectivity index (χ0) is 22.5. The van der Waals surface area contributed by atoms with Crippen LogP contribution in [-0.2, 0) is 17.1 Å². The third kappa shape index (κ3) is 4.18. The monoisotopic (exact) mass is 460 g/mol. The van der Waals surface area contributed by atoms with E-state index in [9.17, 15) is 17.6 Å². The minimum absolute atomic E-state index is 0.00162. The van der Waals surface area contributed by atoms with E-state index in [-0.39, 0.29) is 5.78 Å². The highest BCUT2D eigenvalue weighted by Gasteiger charge is 2.30. The Morgan fingerprint density at radius 3 is 2.29 bits per heavy atom. The molecule has 0 aliphatic heterocycles. The van der Waals surface area contributed by atoms with Crippen LogP contribution < -0.4 is 5.14 Å². The number of nitrogens with two attached hydrogens (primary N) is 1. The number of benzene rings is 2. The molecule has 5 nitrogen and oxygen atoms in total. The first-order valence-electron chi connectivity index (χ1n) is 9.89. The lowest BCUT2D eigenvalue weighted by Gasteiger charge is -2.11. The fourth-order valence-corrected chi connectivity index (χ4v) is 4.80. The zero-order valence-corrected chi connectivity index (χ0v) is 18.7. The molecule has 2 aromatic carbocycles. The van der Waals surface area contributed by atoms with E-state index < -0.39 is 20.7 Å². The summed E-state index contributed by atoms with van der Waals surface area (Å²) < 4.78 is 39.7. The van der Waals surface area contributed by atoms with Gasteiger partial charge in [-0.25, -0.2) is 17.9 Å². The fraction of sp³-hybridized carbons (Fsp3) is 0.261. The van der Waals surface area contributed by atoms with Gasteiger partial charge >= 0.3 is 0 Å². The highest BCUT2D eigenvalue weighted by molar-refractivity contribution is 7.89. The van der Waals surface area contributed by atoms with Crippen molar-refractivity contribution >= 4 is 27.4 Å². The molecule has 0 unspecified atom stereocenters. The lowest BCUT2D eigenvalue weighted by atomic mass is 9.97. The van der Waals surface area contributed by atoms with Gasteiger partial charge in [-0.3, -0.25) is 4.79 Å². The average Bonchev–Trinajstić information content (AvgIpc) is 3.45. The third-order valence-electron chi connectivity index (χ3n) is 5.72. The SMILES string of the molecule is Cc1c(C(=O)CC2CC2)c(-c2ccc(S(N)(=O)=O)c(F)c2)n(C)c1-c1ccc(Cl)cc1. The number of hydrogen-bond donors (Lipinski definition) is 1. The Morgan fingerprint density at radius 1 is 1.13 bits per heavy atom. The summed E-state index contributed by atoms with van der Waals surface area (Å²) in [5.41, 5.74) is 3.98. The van der Waals surface area contributed by atoms with Gasteiger partial charge in [0, 0.05) is 29.6 Å². The van der Waals surface area contributed by atoms with Crippen molar-refractivity contribution in [2.24, 2.45) is 18.1 Å². The molecule has 1 heterocycles. The van der Waals surface area contributed by atoms with Crippen LogP contribution in [0, 0.1) is 18.7 Å². The average molecular weight is 461 g/mol. The molecule has 1 aromatic heterocycles.